The number of hydrogen-bond acceptors (Lipinski definition) is 11. The minimum Gasteiger partial charge on any atom is -0.508 e. The van der Waals surface area contributed by atoms with Crippen molar-refractivity contribution in [2.75, 3.05) is 52.9 Å². The minimum absolute atomic E-state index is 0.00667. The van der Waals surface area contributed by atoms with Crippen LogP contribution in [0.1, 0.15) is 52.7 Å². The van der Waals surface area contributed by atoms with Gasteiger partial charge in [-0.25, -0.2) is 0 Å². The van der Waals surface area contributed by atoms with Crippen molar-refractivity contribution in [1.82, 2.24) is 0 Å². The third-order valence-electron chi connectivity index (χ3n) is 6.25. The molecule has 0 aliphatic carbocycles. The Labute approximate surface area is 249 Å². The summed E-state index contributed by atoms with van der Waals surface area (Å²) >= 11 is 0. The largest absolute Gasteiger partial charge is 0.508 e. The van der Waals surface area contributed by atoms with Gasteiger partial charge < -0.3 is 55.8 Å². The molecule has 0 saturated carbocycles. The molecule has 0 aromatic heterocycles. The van der Waals surface area contributed by atoms with E-state index in [0.717, 1.165) is 11.1 Å². The third kappa shape index (κ3) is 17.0. The van der Waals surface area contributed by atoms with Crippen LogP contribution >= 0.6 is 0 Å². The van der Waals surface area contributed by atoms with Crippen LogP contribution in [0.4, 0.5) is 0 Å². The number of aromatic hydroxyl groups is 2. The molecule has 0 fully saturated rings. The average molecular weight is 603 g/mol. The zero-order valence-corrected chi connectivity index (χ0v) is 25.8. The predicted octanol–water partition coefficient (Wildman–Crippen LogP) is 1.13. The van der Waals surface area contributed by atoms with E-state index in [-0.39, 0.29) is 48.3 Å². The van der Waals surface area contributed by atoms with Gasteiger partial charge in [0.15, 0.2) is 0 Å². The predicted molar refractivity (Wildman–Crippen MR) is 161 cm³/mol. The van der Waals surface area contributed by atoms with Gasteiger partial charge in [-0.1, -0.05) is 52.0 Å². The number of aliphatic hydroxyl groups excluding tert-OH is 8. The Morgan fingerprint density at radius 2 is 0.929 bits per heavy atom. The molecule has 0 saturated heterocycles. The molecule has 11 heteroatoms. The topological polar surface area (TPSA) is 212 Å². The molecule has 42 heavy (non-hydrogen) atoms. The Hall–Kier alpha value is -2.32. The van der Waals surface area contributed by atoms with Crippen LogP contribution in [0, 0.1) is 10.8 Å². The monoisotopic (exact) mass is 602 g/mol. The number of aliphatic hydroxyl groups is 8. The van der Waals surface area contributed by atoms with Gasteiger partial charge >= 0.3 is 0 Å². The van der Waals surface area contributed by atoms with E-state index in [0.29, 0.717) is 6.61 Å². The molecule has 11 nitrogen and oxygen atoms in total. The fraction of sp³-hybridized carbons (Fsp3) is 0.613. The van der Waals surface area contributed by atoms with Gasteiger partial charge in [0.25, 0.3) is 0 Å². The summed E-state index contributed by atoms with van der Waals surface area (Å²) in [4.78, 5) is 0. The lowest BCUT2D eigenvalue weighted by Crippen LogP contribution is -2.37. The van der Waals surface area contributed by atoms with E-state index in [1.807, 2.05) is 24.3 Å². The van der Waals surface area contributed by atoms with Gasteiger partial charge in [-0.2, -0.15) is 0 Å². The maximum atomic E-state index is 9.30. The third-order valence-corrected chi connectivity index (χ3v) is 6.25. The highest BCUT2D eigenvalue weighted by Gasteiger charge is 2.26. The number of hydrogen-bond donors (Lipinski definition) is 10. The van der Waals surface area contributed by atoms with Gasteiger partial charge in [0.2, 0.25) is 0 Å². The summed E-state index contributed by atoms with van der Waals surface area (Å²) in [6, 6.07) is 14.4. The molecule has 0 aliphatic rings. The van der Waals surface area contributed by atoms with Crippen LogP contribution in [0.5, 0.6) is 11.5 Å². The highest BCUT2D eigenvalue weighted by molar-refractivity contribution is 5.41. The van der Waals surface area contributed by atoms with Crippen molar-refractivity contribution in [1.29, 1.82) is 0 Å². The number of rotatable bonds is 12. The Morgan fingerprint density at radius 1 is 0.595 bits per heavy atom. The summed E-state index contributed by atoms with van der Waals surface area (Å²) in [6.45, 7) is 9.99. The fourth-order valence-electron chi connectivity index (χ4n) is 2.63. The van der Waals surface area contributed by atoms with Crippen LogP contribution in [0.3, 0.4) is 0 Å². The van der Waals surface area contributed by atoms with Crippen molar-refractivity contribution in [3.8, 4) is 11.5 Å². The minimum atomic E-state index is -1.11. The molecular weight excluding hydrogens is 548 g/mol. The first kappa shape index (κ1) is 41.8. The maximum Gasteiger partial charge on any atom is 0.115 e. The summed E-state index contributed by atoms with van der Waals surface area (Å²) in [5.74, 6) is 0.547. The molecule has 0 heterocycles. The summed E-state index contributed by atoms with van der Waals surface area (Å²) in [7, 11) is 0. The van der Waals surface area contributed by atoms with Crippen molar-refractivity contribution in [2.45, 2.75) is 59.2 Å². The van der Waals surface area contributed by atoms with Crippen LogP contribution in [0.25, 0.3) is 0 Å². The zero-order valence-electron chi connectivity index (χ0n) is 25.8. The van der Waals surface area contributed by atoms with E-state index in [9.17, 15) is 10.2 Å². The number of benzene rings is 2. The summed E-state index contributed by atoms with van der Waals surface area (Å²) < 4.78 is 4.95. The summed E-state index contributed by atoms with van der Waals surface area (Å²) in [5.41, 5.74) is 0.684. The van der Waals surface area contributed by atoms with Gasteiger partial charge in [0.1, 0.15) is 11.5 Å². The van der Waals surface area contributed by atoms with Gasteiger partial charge in [0, 0.05) is 10.8 Å². The number of ether oxygens (including phenoxy) is 1. The van der Waals surface area contributed by atoms with E-state index < -0.39 is 37.9 Å². The average Bonchev–Trinajstić information content (AvgIpc) is 2.99. The fourth-order valence-corrected chi connectivity index (χ4v) is 2.63. The molecule has 2 atom stereocenters. The molecule has 0 aliphatic heterocycles. The van der Waals surface area contributed by atoms with Crippen molar-refractivity contribution < 1.29 is 55.8 Å². The molecule has 2 aromatic carbocycles. The molecule has 10 N–H and O–H groups in total. The quantitative estimate of drug-likeness (QED) is 0.166. The Morgan fingerprint density at radius 3 is 1.12 bits per heavy atom. The lowest BCUT2D eigenvalue weighted by molar-refractivity contribution is -0.0328. The van der Waals surface area contributed by atoms with Crippen molar-refractivity contribution in [3.05, 3.63) is 59.7 Å². The first-order chi connectivity index (χ1) is 19.5. The van der Waals surface area contributed by atoms with Crippen molar-refractivity contribution in [3.63, 3.8) is 0 Å². The highest BCUT2D eigenvalue weighted by Crippen LogP contribution is 2.32. The second kappa shape index (κ2) is 21.4. The van der Waals surface area contributed by atoms with Gasteiger partial charge in [0.05, 0.1) is 70.5 Å². The number of phenolic OH excluding ortho intramolecular Hbond substituents is 2. The highest BCUT2D eigenvalue weighted by atomic mass is 16.5. The lowest BCUT2D eigenvalue weighted by atomic mass is 9.78. The van der Waals surface area contributed by atoms with E-state index in [4.69, 9.17) is 45.6 Å². The Balaban J connectivity index is 0. The summed E-state index contributed by atoms with van der Waals surface area (Å²) in [5, 5.41) is 86.6. The maximum absolute atomic E-state index is 9.30. The summed E-state index contributed by atoms with van der Waals surface area (Å²) in [6.07, 6.45) is -0.612. The van der Waals surface area contributed by atoms with Crippen LogP contribution in [-0.4, -0.2) is 116 Å². The van der Waals surface area contributed by atoms with Gasteiger partial charge in [-0.05, 0) is 49.2 Å². The van der Waals surface area contributed by atoms with E-state index >= 15 is 0 Å². The smallest absolute Gasteiger partial charge is 0.115 e. The van der Waals surface area contributed by atoms with Gasteiger partial charge in [-0.15, -0.1) is 0 Å². The normalized spacial score (nSPS) is 12.9. The Kier molecular flexibility index (Phi) is 21.3. The van der Waals surface area contributed by atoms with Crippen LogP contribution in [-0.2, 0) is 10.2 Å². The van der Waals surface area contributed by atoms with Crippen LogP contribution in [0.15, 0.2) is 48.5 Å². The van der Waals surface area contributed by atoms with Crippen LogP contribution < -0.4 is 0 Å². The lowest BCUT2D eigenvalue weighted by Gasteiger charge is -2.26. The van der Waals surface area contributed by atoms with E-state index in [1.165, 1.54) is 0 Å². The first-order valence-corrected chi connectivity index (χ1v) is 13.7. The van der Waals surface area contributed by atoms with Gasteiger partial charge in [-0.3, -0.25) is 0 Å². The van der Waals surface area contributed by atoms with E-state index in [2.05, 4.69) is 13.8 Å². The number of phenols is 2. The molecule has 2 rings (SSSR count). The molecule has 2 aromatic rings. The molecule has 0 amide bonds. The van der Waals surface area contributed by atoms with Crippen molar-refractivity contribution >= 4 is 0 Å². The SMILES string of the molecule is CC(C)(CO)CO.CC(C)(c1ccc(O)cc1)c1ccc(O)cc1.CC(O)COC(C)CO.OCC(CO)(CO)CO. The molecule has 0 bridgehead atoms. The molecule has 0 spiro atoms. The Bertz CT molecular complexity index is 838. The molecule has 0 radical (unpaired) electrons. The standard InChI is InChI=1S/C15H16O2.C6H14O3.C5H12O4.C5H12O2/c1-15(2,11-3-7-13(16)8-4-11)12-5-9-14(17)10-6-12;1-5(8)4-9-6(2)3-7;6-1-5(2-7,3-8)4-9;1-5(2,3-6)4-7/h3-10,16-17H,1-2H3;5-8H,3-4H2,1-2H3;6-9H,1-4H2;6-7H,3-4H2,1-2H3. The first-order valence-electron chi connectivity index (χ1n) is 13.7. The van der Waals surface area contributed by atoms with Crippen molar-refractivity contribution in [2.24, 2.45) is 10.8 Å². The van der Waals surface area contributed by atoms with Crippen LogP contribution in [0.2, 0.25) is 0 Å². The molecule has 244 valence electrons. The zero-order chi connectivity index (χ0) is 33.0. The second-order valence-electron chi connectivity index (χ2n) is 11.5. The molecular formula is C31H54O11. The molecule has 2 unspecified atom stereocenters. The second-order valence-corrected chi connectivity index (χ2v) is 11.5. The van der Waals surface area contributed by atoms with E-state index in [1.54, 1.807) is 52.0 Å².